The highest BCUT2D eigenvalue weighted by atomic mass is 15.1. The van der Waals surface area contributed by atoms with Gasteiger partial charge in [0.05, 0.1) is 0 Å². The molecule has 0 bridgehead atoms. The van der Waals surface area contributed by atoms with Gasteiger partial charge in [0.1, 0.15) is 0 Å². The van der Waals surface area contributed by atoms with Crippen molar-refractivity contribution < 1.29 is 0 Å². The van der Waals surface area contributed by atoms with Crippen LogP contribution in [0.5, 0.6) is 0 Å². The fourth-order valence-electron chi connectivity index (χ4n) is 2.30. The van der Waals surface area contributed by atoms with E-state index in [1.165, 1.54) is 11.1 Å². The van der Waals surface area contributed by atoms with Crippen LogP contribution in [0.15, 0.2) is 24.3 Å². The van der Waals surface area contributed by atoms with Crippen LogP contribution < -0.4 is 5.32 Å². The summed E-state index contributed by atoms with van der Waals surface area (Å²) in [6.45, 7) is 12.1. The predicted octanol–water partition coefficient (Wildman–Crippen LogP) is 3.06. The van der Waals surface area contributed by atoms with Crippen LogP contribution in [0.2, 0.25) is 0 Å². The lowest BCUT2D eigenvalue weighted by Gasteiger charge is -2.27. The molecule has 0 fully saturated rings. The first kappa shape index (κ1) is 15.2. The van der Waals surface area contributed by atoms with Gasteiger partial charge in [-0.2, -0.15) is 0 Å². The summed E-state index contributed by atoms with van der Waals surface area (Å²) < 4.78 is 0. The number of hydrogen-bond donors (Lipinski definition) is 1. The van der Waals surface area contributed by atoms with Gasteiger partial charge in [0.25, 0.3) is 0 Å². The minimum Gasteiger partial charge on any atom is -0.313 e. The lowest BCUT2D eigenvalue weighted by Crippen LogP contribution is -2.42. The van der Waals surface area contributed by atoms with Crippen LogP contribution in [0.1, 0.15) is 31.9 Å². The van der Waals surface area contributed by atoms with Crippen LogP contribution >= 0.6 is 0 Å². The monoisotopic (exact) mass is 248 g/mol. The molecule has 102 valence electrons. The third-order valence-electron chi connectivity index (χ3n) is 3.31. The first-order chi connectivity index (χ1) is 8.52. The van der Waals surface area contributed by atoms with Crippen molar-refractivity contribution in [1.82, 2.24) is 10.2 Å². The van der Waals surface area contributed by atoms with Crippen molar-refractivity contribution in [2.45, 2.75) is 40.3 Å². The third kappa shape index (κ3) is 5.19. The molecule has 0 spiro atoms. The van der Waals surface area contributed by atoms with E-state index in [1.807, 2.05) is 0 Å². The lowest BCUT2D eigenvalue weighted by atomic mass is 10.0. The van der Waals surface area contributed by atoms with E-state index in [0.29, 0.717) is 12.0 Å². The van der Waals surface area contributed by atoms with E-state index >= 15 is 0 Å². The fraction of sp³-hybridized carbons (Fsp3) is 0.625. The molecule has 1 aromatic carbocycles. The average molecular weight is 248 g/mol. The topological polar surface area (TPSA) is 15.3 Å². The SMILES string of the molecule is CCNC(CN(C)Cc1cccc(C)c1)C(C)C. The van der Waals surface area contributed by atoms with E-state index in [1.54, 1.807) is 0 Å². The molecule has 0 saturated carbocycles. The first-order valence-electron chi connectivity index (χ1n) is 7.00. The van der Waals surface area contributed by atoms with Crippen LogP contribution in [0.25, 0.3) is 0 Å². The van der Waals surface area contributed by atoms with Crippen LogP contribution in [0, 0.1) is 12.8 Å². The molecule has 1 N–H and O–H groups in total. The van der Waals surface area contributed by atoms with Crippen molar-refractivity contribution >= 4 is 0 Å². The quantitative estimate of drug-likeness (QED) is 0.798. The van der Waals surface area contributed by atoms with Gasteiger partial charge in [-0.25, -0.2) is 0 Å². The van der Waals surface area contributed by atoms with Crippen LogP contribution in [-0.2, 0) is 6.54 Å². The minimum absolute atomic E-state index is 0.574. The Morgan fingerprint density at radius 2 is 2.00 bits per heavy atom. The summed E-state index contributed by atoms with van der Waals surface area (Å²) in [5.41, 5.74) is 2.74. The number of aryl methyl sites for hydroxylation is 1. The number of nitrogens with one attached hydrogen (secondary N) is 1. The second-order valence-electron chi connectivity index (χ2n) is 5.59. The van der Waals surface area contributed by atoms with Gasteiger partial charge >= 0.3 is 0 Å². The Morgan fingerprint density at radius 1 is 1.28 bits per heavy atom. The normalized spacial score (nSPS) is 13.3. The summed E-state index contributed by atoms with van der Waals surface area (Å²) in [6.07, 6.45) is 0. The molecule has 2 nitrogen and oxygen atoms in total. The summed E-state index contributed by atoms with van der Waals surface area (Å²) in [5, 5.41) is 3.57. The Kier molecular flexibility index (Phi) is 6.37. The highest BCUT2D eigenvalue weighted by Crippen LogP contribution is 2.09. The molecule has 1 unspecified atom stereocenters. The summed E-state index contributed by atoms with van der Waals surface area (Å²) in [4.78, 5) is 2.40. The molecule has 0 aromatic heterocycles. The number of nitrogens with zero attached hydrogens (tertiary/aromatic N) is 1. The molecule has 18 heavy (non-hydrogen) atoms. The Labute approximate surface area is 112 Å². The van der Waals surface area contributed by atoms with E-state index in [-0.39, 0.29) is 0 Å². The second kappa shape index (κ2) is 7.55. The number of hydrogen-bond acceptors (Lipinski definition) is 2. The second-order valence-corrected chi connectivity index (χ2v) is 5.59. The largest absolute Gasteiger partial charge is 0.313 e. The molecule has 0 amide bonds. The van der Waals surface area contributed by atoms with Gasteiger partial charge in [-0.05, 0) is 32.0 Å². The Bertz CT molecular complexity index is 347. The van der Waals surface area contributed by atoms with E-state index < -0.39 is 0 Å². The van der Waals surface area contributed by atoms with Crippen molar-refractivity contribution in [1.29, 1.82) is 0 Å². The maximum Gasteiger partial charge on any atom is 0.0231 e. The summed E-state index contributed by atoms with van der Waals surface area (Å²) in [5.74, 6) is 0.671. The zero-order chi connectivity index (χ0) is 13.5. The summed E-state index contributed by atoms with van der Waals surface area (Å²) >= 11 is 0. The van der Waals surface area contributed by atoms with Gasteiger partial charge in [-0.15, -0.1) is 0 Å². The highest BCUT2D eigenvalue weighted by molar-refractivity contribution is 5.22. The zero-order valence-electron chi connectivity index (χ0n) is 12.5. The molecule has 0 aliphatic rings. The van der Waals surface area contributed by atoms with Gasteiger partial charge in [0.15, 0.2) is 0 Å². The van der Waals surface area contributed by atoms with E-state index in [2.05, 4.69) is 69.2 Å². The molecule has 0 aliphatic heterocycles. The van der Waals surface area contributed by atoms with Gasteiger partial charge in [-0.1, -0.05) is 50.6 Å². The van der Waals surface area contributed by atoms with E-state index in [9.17, 15) is 0 Å². The van der Waals surface area contributed by atoms with Crippen molar-refractivity contribution in [3.8, 4) is 0 Å². The van der Waals surface area contributed by atoms with Crippen LogP contribution in [0.3, 0.4) is 0 Å². The Morgan fingerprint density at radius 3 is 2.56 bits per heavy atom. The molecule has 0 aliphatic carbocycles. The van der Waals surface area contributed by atoms with Crippen LogP contribution in [0.4, 0.5) is 0 Å². The third-order valence-corrected chi connectivity index (χ3v) is 3.31. The molecule has 1 aromatic rings. The molecule has 1 atom stereocenters. The maximum atomic E-state index is 3.57. The molecule has 2 heteroatoms. The Hall–Kier alpha value is -0.860. The lowest BCUT2D eigenvalue weighted by molar-refractivity contribution is 0.250. The van der Waals surface area contributed by atoms with Gasteiger partial charge in [0.2, 0.25) is 0 Å². The molecule has 1 rings (SSSR count). The van der Waals surface area contributed by atoms with E-state index in [4.69, 9.17) is 0 Å². The van der Waals surface area contributed by atoms with Gasteiger partial charge in [0, 0.05) is 19.1 Å². The average Bonchev–Trinajstić information content (AvgIpc) is 2.28. The summed E-state index contributed by atoms with van der Waals surface area (Å²) in [7, 11) is 2.20. The molecule has 0 saturated heterocycles. The smallest absolute Gasteiger partial charge is 0.0231 e. The Balaban J connectivity index is 2.51. The van der Waals surface area contributed by atoms with Crippen molar-refractivity contribution in [2.75, 3.05) is 20.1 Å². The standard InChI is InChI=1S/C16H28N2/c1-6-17-16(13(2)3)12-18(5)11-15-9-7-8-14(4)10-15/h7-10,13,16-17H,6,11-12H2,1-5H3. The molecule has 0 radical (unpaired) electrons. The van der Waals surface area contributed by atoms with E-state index in [0.717, 1.165) is 19.6 Å². The van der Waals surface area contributed by atoms with Crippen LogP contribution in [-0.4, -0.2) is 31.1 Å². The molecular formula is C16H28N2. The molecular weight excluding hydrogens is 220 g/mol. The maximum absolute atomic E-state index is 3.57. The van der Waals surface area contributed by atoms with Gasteiger partial charge in [-0.3, -0.25) is 0 Å². The highest BCUT2D eigenvalue weighted by Gasteiger charge is 2.14. The van der Waals surface area contributed by atoms with Crippen molar-refractivity contribution in [3.63, 3.8) is 0 Å². The predicted molar refractivity (Wildman–Crippen MR) is 79.8 cm³/mol. The van der Waals surface area contributed by atoms with Gasteiger partial charge < -0.3 is 10.2 Å². The molecule has 0 heterocycles. The first-order valence-corrected chi connectivity index (χ1v) is 7.00. The number of likely N-dealkylation sites (N-methyl/N-ethyl adjacent to an activating group) is 2. The minimum atomic E-state index is 0.574. The summed E-state index contributed by atoms with van der Waals surface area (Å²) in [6, 6.07) is 9.35. The zero-order valence-corrected chi connectivity index (χ0v) is 12.5. The van der Waals surface area contributed by atoms with Crippen molar-refractivity contribution in [2.24, 2.45) is 5.92 Å². The number of rotatable bonds is 7. The van der Waals surface area contributed by atoms with Crippen molar-refractivity contribution in [3.05, 3.63) is 35.4 Å². The number of benzene rings is 1. The fourth-order valence-corrected chi connectivity index (χ4v) is 2.30.